The maximum absolute atomic E-state index is 5.97. The first-order valence-electron chi connectivity index (χ1n) is 6.16. The Bertz CT molecular complexity index is 376. The smallest absolute Gasteiger partial charge is 0.0627 e. The van der Waals surface area contributed by atoms with Crippen LogP contribution in [0.2, 0.25) is 0 Å². The molecule has 4 unspecified atom stereocenters. The molecule has 2 saturated heterocycles. The Hall–Kier alpha value is -0.380. The van der Waals surface area contributed by atoms with Crippen LogP contribution in [-0.4, -0.2) is 19.3 Å². The number of fused-ring (bicyclic) bond motifs is 2. The SMILES string of the molecule is CNC(c1sccc1C)C1CC2CCC1O2. The fourth-order valence-corrected chi connectivity index (χ4v) is 4.38. The van der Waals surface area contributed by atoms with Crippen LogP contribution in [-0.2, 0) is 4.74 Å². The molecule has 2 bridgehead atoms. The fraction of sp³-hybridized carbons (Fsp3) is 0.692. The predicted molar refractivity (Wildman–Crippen MR) is 66.9 cm³/mol. The van der Waals surface area contributed by atoms with Crippen molar-refractivity contribution in [3.8, 4) is 0 Å². The lowest BCUT2D eigenvalue weighted by Crippen LogP contribution is -2.31. The molecule has 1 N–H and O–H groups in total. The summed E-state index contributed by atoms with van der Waals surface area (Å²) in [7, 11) is 2.08. The highest BCUT2D eigenvalue weighted by atomic mass is 32.1. The van der Waals surface area contributed by atoms with Gasteiger partial charge in [-0.05, 0) is 50.2 Å². The van der Waals surface area contributed by atoms with Crippen LogP contribution in [0.15, 0.2) is 11.4 Å². The van der Waals surface area contributed by atoms with Gasteiger partial charge >= 0.3 is 0 Å². The van der Waals surface area contributed by atoms with Crippen LogP contribution in [0.25, 0.3) is 0 Å². The summed E-state index contributed by atoms with van der Waals surface area (Å²) < 4.78 is 5.97. The van der Waals surface area contributed by atoms with Gasteiger partial charge in [0.2, 0.25) is 0 Å². The third-order valence-corrected chi connectivity index (χ3v) is 5.18. The zero-order valence-corrected chi connectivity index (χ0v) is 10.7. The van der Waals surface area contributed by atoms with Gasteiger partial charge in [0, 0.05) is 16.8 Å². The minimum atomic E-state index is 0.496. The molecule has 2 aliphatic rings. The van der Waals surface area contributed by atoms with Gasteiger partial charge in [-0.3, -0.25) is 0 Å². The average Bonchev–Trinajstić information content (AvgIpc) is 2.97. The fourth-order valence-electron chi connectivity index (χ4n) is 3.27. The van der Waals surface area contributed by atoms with Crippen molar-refractivity contribution in [3.63, 3.8) is 0 Å². The molecule has 3 heteroatoms. The van der Waals surface area contributed by atoms with Gasteiger partial charge in [-0.15, -0.1) is 11.3 Å². The lowest BCUT2D eigenvalue weighted by atomic mass is 9.82. The second-order valence-electron chi connectivity index (χ2n) is 5.01. The monoisotopic (exact) mass is 237 g/mol. The number of nitrogens with one attached hydrogen (secondary N) is 1. The van der Waals surface area contributed by atoms with E-state index < -0.39 is 0 Å². The number of aryl methyl sites for hydroxylation is 1. The Morgan fingerprint density at radius 1 is 1.50 bits per heavy atom. The number of hydrogen-bond donors (Lipinski definition) is 1. The molecular weight excluding hydrogens is 218 g/mol. The van der Waals surface area contributed by atoms with Crippen LogP contribution < -0.4 is 5.32 Å². The van der Waals surface area contributed by atoms with Crippen molar-refractivity contribution in [2.75, 3.05) is 7.05 Å². The molecular formula is C13H19NOS. The van der Waals surface area contributed by atoms with Crippen molar-refractivity contribution in [2.24, 2.45) is 5.92 Å². The Morgan fingerprint density at radius 3 is 2.88 bits per heavy atom. The van der Waals surface area contributed by atoms with E-state index in [2.05, 4.69) is 30.7 Å². The van der Waals surface area contributed by atoms with E-state index in [9.17, 15) is 0 Å². The molecule has 0 saturated carbocycles. The average molecular weight is 237 g/mol. The lowest BCUT2D eigenvalue weighted by Gasteiger charge is -2.28. The highest BCUT2D eigenvalue weighted by molar-refractivity contribution is 7.10. The van der Waals surface area contributed by atoms with Gasteiger partial charge in [0.05, 0.1) is 12.2 Å². The number of ether oxygens (including phenoxy) is 1. The zero-order valence-electron chi connectivity index (χ0n) is 9.90. The van der Waals surface area contributed by atoms with Gasteiger partial charge in [0.25, 0.3) is 0 Å². The molecule has 2 nitrogen and oxygen atoms in total. The number of hydrogen-bond acceptors (Lipinski definition) is 3. The van der Waals surface area contributed by atoms with E-state index in [-0.39, 0.29) is 0 Å². The van der Waals surface area contributed by atoms with Crippen LogP contribution in [0, 0.1) is 12.8 Å². The van der Waals surface area contributed by atoms with Crippen molar-refractivity contribution < 1.29 is 4.74 Å². The predicted octanol–water partition coefficient (Wildman–Crippen LogP) is 2.88. The second-order valence-corrected chi connectivity index (χ2v) is 5.96. The minimum absolute atomic E-state index is 0.496. The first-order valence-corrected chi connectivity index (χ1v) is 7.04. The molecule has 0 spiro atoms. The van der Waals surface area contributed by atoms with Crippen molar-refractivity contribution in [1.82, 2.24) is 5.32 Å². The Balaban J connectivity index is 1.84. The summed E-state index contributed by atoms with van der Waals surface area (Å²) in [4.78, 5) is 1.50. The topological polar surface area (TPSA) is 21.3 Å². The first kappa shape index (κ1) is 10.8. The summed E-state index contributed by atoms with van der Waals surface area (Å²) in [5, 5.41) is 5.70. The Morgan fingerprint density at radius 2 is 2.38 bits per heavy atom. The molecule has 3 heterocycles. The van der Waals surface area contributed by atoms with Crippen LogP contribution in [0.3, 0.4) is 0 Å². The summed E-state index contributed by atoms with van der Waals surface area (Å²) in [6.07, 6.45) is 4.84. The van der Waals surface area contributed by atoms with Crippen LogP contribution in [0.1, 0.15) is 35.7 Å². The lowest BCUT2D eigenvalue weighted by molar-refractivity contribution is 0.0865. The van der Waals surface area contributed by atoms with E-state index in [4.69, 9.17) is 4.74 Å². The Labute approximate surface area is 101 Å². The molecule has 3 rings (SSSR count). The van der Waals surface area contributed by atoms with Crippen molar-refractivity contribution in [2.45, 2.75) is 44.4 Å². The summed E-state index contributed by atoms with van der Waals surface area (Å²) in [5.74, 6) is 0.682. The van der Waals surface area contributed by atoms with Crippen LogP contribution in [0.5, 0.6) is 0 Å². The summed E-state index contributed by atoms with van der Waals surface area (Å²) >= 11 is 1.88. The van der Waals surface area contributed by atoms with E-state index in [0.717, 1.165) is 0 Å². The van der Waals surface area contributed by atoms with E-state index in [1.54, 1.807) is 0 Å². The van der Waals surface area contributed by atoms with E-state index in [0.29, 0.717) is 24.2 Å². The molecule has 0 aromatic carbocycles. The van der Waals surface area contributed by atoms with Gasteiger partial charge in [-0.25, -0.2) is 0 Å². The van der Waals surface area contributed by atoms with Gasteiger partial charge in [-0.2, -0.15) is 0 Å². The second kappa shape index (κ2) is 4.13. The molecule has 1 aromatic rings. The molecule has 4 atom stereocenters. The van der Waals surface area contributed by atoms with Gasteiger partial charge in [0.1, 0.15) is 0 Å². The molecule has 2 fully saturated rings. The van der Waals surface area contributed by atoms with E-state index >= 15 is 0 Å². The van der Waals surface area contributed by atoms with Crippen molar-refractivity contribution in [3.05, 3.63) is 21.9 Å². The highest BCUT2D eigenvalue weighted by Gasteiger charge is 2.44. The summed E-state index contributed by atoms with van der Waals surface area (Å²) in [5.41, 5.74) is 1.42. The Kier molecular flexibility index (Phi) is 2.78. The molecule has 1 aromatic heterocycles. The number of rotatable bonds is 3. The molecule has 0 aliphatic carbocycles. The molecule has 88 valence electrons. The zero-order chi connectivity index (χ0) is 11.1. The molecule has 16 heavy (non-hydrogen) atoms. The highest BCUT2D eigenvalue weighted by Crippen LogP contribution is 2.45. The van der Waals surface area contributed by atoms with Gasteiger partial charge in [0.15, 0.2) is 0 Å². The van der Waals surface area contributed by atoms with Gasteiger partial charge < -0.3 is 10.1 Å². The molecule has 0 radical (unpaired) electrons. The first-order chi connectivity index (χ1) is 7.79. The van der Waals surface area contributed by atoms with Crippen molar-refractivity contribution >= 4 is 11.3 Å². The summed E-state index contributed by atoms with van der Waals surface area (Å²) in [6, 6.07) is 2.72. The maximum atomic E-state index is 5.97. The van der Waals surface area contributed by atoms with Crippen LogP contribution in [0.4, 0.5) is 0 Å². The third kappa shape index (κ3) is 1.62. The quantitative estimate of drug-likeness (QED) is 0.873. The van der Waals surface area contributed by atoms with Crippen LogP contribution >= 0.6 is 11.3 Å². The third-order valence-electron chi connectivity index (χ3n) is 4.08. The number of thiophene rings is 1. The maximum Gasteiger partial charge on any atom is 0.0627 e. The van der Waals surface area contributed by atoms with E-state index in [1.807, 2.05) is 11.3 Å². The summed E-state index contributed by atoms with van der Waals surface area (Å²) in [6.45, 7) is 2.21. The standard InChI is InChI=1S/C13H19NOS/c1-8-5-6-16-13(8)12(14-2)10-7-9-3-4-11(10)15-9/h5-6,9-12,14H,3-4,7H2,1-2H3. The largest absolute Gasteiger partial charge is 0.375 e. The minimum Gasteiger partial charge on any atom is -0.375 e. The van der Waals surface area contributed by atoms with Gasteiger partial charge in [-0.1, -0.05) is 0 Å². The normalized spacial score (nSPS) is 34.5. The van der Waals surface area contributed by atoms with E-state index in [1.165, 1.54) is 29.7 Å². The van der Waals surface area contributed by atoms with Crippen molar-refractivity contribution in [1.29, 1.82) is 0 Å². The molecule has 0 amide bonds. The molecule has 2 aliphatic heterocycles.